The molecule has 1 aliphatic heterocycles. The van der Waals surface area contributed by atoms with Gasteiger partial charge in [-0.05, 0) is 43.8 Å². The van der Waals surface area contributed by atoms with E-state index in [2.05, 4.69) is 25.1 Å². The molecular weight excluding hydrogens is 266 g/mol. The zero-order chi connectivity index (χ0) is 14.7. The number of ether oxygens (including phenoxy) is 2. The molecule has 4 rings (SSSR count). The molecule has 3 unspecified atom stereocenters. The van der Waals surface area contributed by atoms with Crippen molar-refractivity contribution < 1.29 is 14.6 Å². The highest BCUT2D eigenvalue weighted by Gasteiger charge is 2.48. The summed E-state index contributed by atoms with van der Waals surface area (Å²) in [5.74, 6) is 1.84. The maximum atomic E-state index is 10.1. The average Bonchev–Trinajstić information content (AvgIpc) is 2.88. The molecule has 2 aliphatic carbocycles. The van der Waals surface area contributed by atoms with Crippen molar-refractivity contribution in [1.82, 2.24) is 4.90 Å². The van der Waals surface area contributed by atoms with E-state index in [0.29, 0.717) is 11.8 Å². The Labute approximate surface area is 124 Å². The van der Waals surface area contributed by atoms with Crippen LogP contribution in [0.4, 0.5) is 0 Å². The third-order valence-electron chi connectivity index (χ3n) is 4.86. The predicted molar refractivity (Wildman–Crippen MR) is 79.6 cm³/mol. The van der Waals surface area contributed by atoms with Crippen LogP contribution in [-0.2, 0) is 11.2 Å². The summed E-state index contributed by atoms with van der Waals surface area (Å²) in [6.07, 6.45) is 4.96. The molecule has 1 N–H and O–H groups in total. The fourth-order valence-electron chi connectivity index (χ4n) is 3.87. The zero-order valence-electron chi connectivity index (χ0n) is 12.5. The van der Waals surface area contributed by atoms with Gasteiger partial charge in [-0.25, -0.2) is 0 Å². The molecular formula is C17H19NO3. The molecule has 0 aromatic heterocycles. The van der Waals surface area contributed by atoms with Gasteiger partial charge < -0.3 is 19.5 Å². The van der Waals surface area contributed by atoms with E-state index >= 15 is 0 Å². The van der Waals surface area contributed by atoms with Gasteiger partial charge in [-0.15, -0.1) is 0 Å². The van der Waals surface area contributed by atoms with E-state index in [1.54, 1.807) is 13.2 Å². The Hall–Kier alpha value is -1.94. The van der Waals surface area contributed by atoms with Crippen molar-refractivity contribution in [2.75, 3.05) is 21.2 Å². The molecule has 1 aromatic rings. The normalized spacial score (nSPS) is 28.7. The summed E-state index contributed by atoms with van der Waals surface area (Å²) >= 11 is 0. The molecule has 0 saturated heterocycles. The Morgan fingerprint density at radius 2 is 2.10 bits per heavy atom. The highest BCUT2D eigenvalue weighted by Crippen LogP contribution is 2.55. The van der Waals surface area contributed by atoms with Gasteiger partial charge >= 0.3 is 0 Å². The van der Waals surface area contributed by atoms with E-state index in [-0.39, 0.29) is 17.8 Å². The van der Waals surface area contributed by atoms with E-state index < -0.39 is 0 Å². The Morgan fingerprint density at radius 3 is 2.81 bits per heavy atom. The monoisotopic (exact) mass is 285 g/mol. The number of nitrogens with zero attached hydrogens (tertiary/aromatic N) is 1. The van der Waals surface area contributed by atoms with Gasteiger partial charge in [-0.1, -0.05) is 12.1 Å². The molecule has 1 aromatic carbocycles. The highest BCUT2D eigenvalue weighted by atomic mass is 16.5. The summed E-state index contributed by atoms with van der Waals surface area (Å²) in [6.45, 7) is 0. The van der Waals surface area contributed by atoms with Crippen LogP contribution >= 0.6 is 0 Å². The smallest absolute Gasteiger partial charge is 0.166 e. The summed E-state index contributed by atoms with van der Waals surface area (Å²) in [7, 11) is 5.89. The molecule has 0 fully saturated rings. The Morgan fingerprint density at radius 1 is 1.29 bits per heavy atom. The van der Waals surface area contributed by atoms with Crippen molar-refractivity contribution in [3.05, 3.63) is 46.7 Å². The molecule has 3 atom stereocenters. The van der Waals surface area contributed by atoms with Crippen LogP contribution in [0.3, 0.4) is 0 Å². The van der Waals surface area contributed by atoms with Crippen LogP contribution < -0.4 is 4.74 Å². The number of hydrogen-bond acceptors (Lipinski definition) is 4. The summed E-state index contributed by atoms with van der Waals surface area (Å²) in [6, 6.07) is 4.12. The molecule has 4 nitrogen and oxygen atoms in total. The predicted octanol–water partition coefficient (Wildman–Crippen LogP) is 2.19. The number of allylic oxidation sites excluding steroid dienone is 2. The van der Waals surface area contributed by atoms with E-state index in [1.165, 1.54) is 11.1 Å². The zero-order valence-corrected chi connectivity index (χ0v) is 12.5. The molecule has 110 valence electrons. The number of hydrogen-bond donors (Lipinski definition) is 1. The number of phenolic OH excluding ortho intramolecular Hbond substituents is 1. The van der Waals surface area contributed by atoms with Gasteiger partial charge in [0.2, 0.25) is 0 Å². The molecule has 4 heteroatoms. The standard InChI is InChI=1S/C17H19NO3/c1-18(2)11-8-9-4-6-12(19)16-14(9)15-10(11)5-7-13(20-3)17(15)21-16/h4-7,11,15,17,19H,8H2,1-3H3. The minimum Gasteiger partial charge on any atom is -0.504 e. The lowest BCUT2D eigenvalue weighted by Crippen LogP contribution is -2.41. The molecule has 1 heterocycles. The first-order chi connectivity index (χ1) is 10.1. The molecule has 0 bridgehead atoms. The minimum absolute atomic E-state index is 0.153. The van der Waals surface area contributed by atoms with Crippen LogP contribution in [-0.4, -0.2) is 43.4 Å². The van der Waals surface area contributed by atoms with Gasteiger partial charge in [-0.3, -0.25) is 0 Å². The second-order valence-corrected chi connectivity index (χ2v) is 6.13. The van der Waals surface area contributed by atoms with Crippen LogP contribution in [0.25, 0.3) is 0 Å². The summed E-state index contributed by atoms with van der Waals surface area (Å²) < 4.78 is 11.5. The molecule has 0 radical (unpaired) electrons. The number of methoxy groups -OCH3 is 1. The van der Waals surface area contributed by atoms with Gasteiger partial charge in [0.1, 0.15) is 5.76 Å². The SMILES string of the molecule is COC1=CC=C2C3c4c(ccc(O)c4OC13)CC2N(C)C. The van der Waals surface area contributed by atoms with Gasteiger partial charge in [0, 0.05) is 11.6 Å². The highest BCUT2D eigenvalue weighted by molar-refractivity contribution is 5.62. The number of aromatic hydroxyl groups is 1. The second kappa shape index (κ2) is 4.28. The van der Waals surface area contributed by atoms with Gasteiger partial charge in [0.25, 0.3) is 0 Å². The summed E-state index contributed by atoms with van der Waals surface area (Å²) in [5.41, 5.74) is 3.76. The number of rotatable bonds is 2. The maximum absolute atomic E-state index is 10.1. The maximum Gasteiger partial charge on any atom is 0.166 e. The molecule has 0 amide bonds. The molecule has 0 saturated carbocycles. The summed E-state index contributed by atoms with van der Waals surface area (Å²) in [5, 5.41) is 10.1. The van der Waals surface area contributed by atoms with E-state index in [9.17, 15) is 5.11 Å². The lowest BCUT2D eigenvalue weighted by atomic mass is 9.72. The largest absolute Gasteiger partial charge is 0.504 e. The van der Waals surface area contributed by atoms with Crippen molar-refractivity contribution in [3.63, 3.8) is 0 Å². The fraction of sp³-hybridized carbons (Fsp3) is 0.412. The topological polar surface area (TPSA) is 41.9 Å². The van der Waals surface area contributed by atoms with Crippen LogP contribution in [0, 0.1) is 0 Å². The lowest BCUT2D eigenvalue weighted by Gasteiger charge is -2.38. The van der Waals surface area contributed by atoms with Gasteiger partial charge in [0.05, 0.1) is 13.0 Å². The quantitative estimate of drug-likeness (QED) is 0.904. The Kier molecular flexibility index (Phi) is 2.60. The van der Waals surface area contributed by atoms with Crippen molar-refractivity contribution in [2.24, 2.45) is 0 Å². The van der Waals surface area contributed by atoms with Gasteiger partial charge in [0.15, 0.2) is 17.6 Å². The van der Waals surface area contributed by atoms with Crippen LogP contribution in [0.1, 0.15) is 17.0 Å². The van der Waals surface area contributed by atoms with Crippen LogP contribution in [0.5, 0.6) is 11.5 Å². The third-order valence-corrected chi connectivity index (χ3v) is 4.86. The Bertz CT molecular complexity index is 675. The first-order valence-corrected chi connectivity index (χ1v) is 7.25. The fourth-order valence-corrected chi connectivity index (χ4v) is 3.87. The minimum atomic E-state index is -0.153. The second-order valence-electron chi connectivity index (χ2n) is 6.13. The van der Waals surface area contributed by atoms with Crippen molar-refractivity contribution in [3.8, 4) is 11.5 Å². The van der Waals surface area contributed by atoms with E-state index in [1.807, 2.05) is 12.1 Å². The van der Waals surface area contributed by atoms with Crippen molar-refractivity contribution in [1.29, 1.82) is 0 Å². The van der Waals surface area contributed by atoms with Gasteiger partial charge in [-0.2, -0.15) is 0 Å². The first-order valence-electron chi connectivity index (χ1n) is 7.25. The number of benzene rings is 1. The molecule has 0 spiro atoms. The summed E-state index contributed by atoms with van der Waals surface area (Å²) in [4.78, 5) is 2.25. The third kappa shape index (κ3) is 1.59. The molecule has 21 heavy (non-hydrogen) atoms. The van der Waals surface area contributed by atoms with E-state index in [4.69, 9.17) is 9.47 Å². The number of likely N-dealkylation sites (N-methyl/N-ethyl adjacent to an activating group) is 1. The lowest BCUT2D eigenvalue weighted by molar-refractivity contribution is 0.144. The van der Waals surface area contributed by atoms with Crippen LogP contribution in [0.15, 0.2) is 35.6 Å². The van der Waals surface area contributed by atoms with Crippen molar-refractivity contribution in [2.45, 2.75) is 24.5 Å². The van der Waals surface area contributed by atoms with Crippen molar-refractivity contribution >= 4 is 0 Å². The Balaban J connectivity index is 1.95. The average molecular weight is 285 g/mol. The first kappa shape index (κ1) is 12.8. The van der Waals surface area contributed by atoms with Crippen LogP contribution in [0.2, 0.25) is 0 Å². The van der Waals surface area contributed by atoms with E-state index in [0.717, 1.165) is 17.7 Å². The number of phenols is 1. The molecule has 3 aliphatic rings.